The molecule has 1 rings (SSSR count). The van der Waals surface area contributed by atoms with Gasteiger partial charge in [-0.1, -0.05) is 25.4 Å². The molecule has 1 heterocycles. The Morgan fingerprint density at radius 3 is 2.56 bits per heavy atom. The summed E-state index contributed by atoms with van der Waals surface area (Å²) in [7, 11) is 0. The van der Waals surface area contributed by atoms with Crippen LogP contribution in [0, 0.1) is 11.7 Å². The molecule has 0 aliphatic rings. The average molecular weight is 279 g/mol. The number of nitrogens with one attached hydrogen (secondary N) is 1. The molecule has 18 heavy (non-hydrogen) atoms. The van der Waals surface area contributed by atoms with Gasteiger partial charge in [0.25, 0.3) is 5.56 Å². The predicted molar refractivity (Wildman–Crippen MR) is 66.7 cm³/mol. The maximum absolute atomic E-state index is 13.4. The number of H-pyrrole nitrogens is 1. The summed E-state index contributed by atoms with van der Waals surface area (Å²) >= 11 is 5.40. The van der Waals surface area contributed by atoms with E-state index in [9.17, 15) is 14.0 Å². The second-order valence-electron chi connectivity index (χ2n) is 4.20. The molecule has 1 unspecified atom stereocenters. The lowest BCUT2D eigenvalue weighted by molar-refractivity contribution is 0.0925. The summed E-state index contributed by atoms with van der Waals surface area (Å²) in [6.45, 7) is 6.06. The highest BCUT2D eigenvalue weighted by Gasteiger charge is 2.22. The number of hydrogen-bond acceptors (Lipinski definition) is 3. The maximum atomic E-state index is 13.4. The van der Waals surface area contributed by atoms with Crippen LogP contribution in [0.2, 0.25) is 5.15 Å². The van der Waals surface area contributed by atoms with Crippen molar-refractivity contribution in [2.45, 2.75) is 26.8 Å². The van der Waals surface area contributed by atoms with Gasteiger partial charge in [0.2, 0.25) is 5.82 Å². The lowest BCUT2D eigenvalue weighted by atomic mass is 10.1. The van der Waals surface area contributed by atoms with E-state index in [1.807, 2.05) is 13.8 Å². The van der Waals surface area contributed by atoms with Crippen molar-refractivity contribution in [2.75, 3.05) is 13.2 Å². The van der Waals surface area contributed by atoms with Crippen molar-refractivity contribution in [3.8, 4) is 0 Å². The fraction of sp³-hybridized carbons (Fsp3) is 0.636. The highest BCUT2D eigenvalue weighted by molar-refractivity contribution is 6.29. The Morgan fingerprint density at radius 1 is 1.44 bits per heavy atom. The van der Waals surface area contributed by atoms with Crippen molar-refractivity contribution >= 4 is 11.6 Å². The Balaban J connectivity index is 3.33. The molecule has 0 bridgehead atoms. The molecular weight excluding hydrogens is 263 g/mol. The van der Waals surface area contributed by atoms with E-state index in [1.165, 1.54) is 0 Å². The Labute approximate surface area is 109 Å². The first kappa shape index (κ1) is 14.9. The van der Waals surface area contributed by atoms with Crippen molar-refractivity contribution in [3.05, 3.63) is 31.8 Å². The summed E-state index contributed by atoms with van der Waals surface area (Å²) in [4.78, 5) is 25.6. The minimum absolute atomic E-state index is 0.0593. The van der Waals surface area contributed by atoms with E-state index in [-0.39, 0.29) is 12.5 Å². The molecule has 0 fully saturated rings. The van der Waals surface area contributed by atoms with Crippen molar-refractivity contribution in [2.24, 2.45) is 5.92 Å². The van der Waals surface area contributed by atoms with Crippen LogP contribution in [0.1, 0.15) is 26.8 Å². The van der Waals surface area contributed by atoms with Gasteiger partial charge >= 0.3 is 5.69 Å². The van der Waals surface area contributed by atoms with Crippen LogP contribution >= 0.6 is 11.6 Å². The molecule has 0 amide bonds. The van der Waals surface area contributed by atoms with Gasteiger partial charge in [-0.05, 0) is 12.8 Å². The molecule has 1 N–H and O–H groups in total. The maximum Gasteiger partial charge on any atom is 0.329 e. The minimum Gasteiger partial charge on any atom is -0.380 e. The third-order valence-corrected chi connectivity index (χ3v) is 2.89. The SMILES string of the molecule is CCOCC(C(C)C)n1c(=O)[nH]c(Cl)c(F)c1=O. The third-order valence-electron chi connectivity index (χ3n) is 2.63. The number of aromatic nitrogens is 2. The van der Waals surface area contributed by atoms with E-state index < -0.39 is 28.3 Å². The topological polar surface area (TPSA) is 64.1 Å². The zero-order valence-corrected chi connectivity index (χ0v) is 11.3. The number of ether oxygens (including phenoxy) is 1. The van der Waals surface area contributed by atoms with Gasteiger partial charge in [-0.3, -0.25) is 14.3 Å². The number of rotatable bonds is 5. The van der Waals surface area contributed by atoms with E-state index in [0.29, 0.717) is 6.61 Å². The Kier molecular flexibility index (Phi) is 5.10. The molecule has 0 saturated carbocycles. The molecule has 1 aromatic heterocycles. The Bertz CT molecular complexity index is 524. The molecule has 0 aromatic carbocycles. The van der Waals surface area contributed by atoms with Gasteiger partial charge in [-0.25, -0.2) is 4.79 Å². The van der Waals surface area contributed by atoms with Gasteiger partial charge in [-0.15, -0.1) is 0 Å². The van der Waals surface area contributed by atoms with Gasteiger partial charge in [0.05, 0.1) is 12.6 Å². The van der Waals surface area contributed by atoms with Crippen molar-refractivity contribution in [3.63, 3.8) is 0 Å². The first-order valence-corrected chi connectivity index (χ1v) is 6.05. The summed E-state index contributed by atoms with van der Waals surface area (Å²) in [5.41, 5.74) is -1.76. The third kappa shape index (κ3) is 3.00. The van der Waals surface area contributed by atoms with E-state index in [1.54, 1.807) is 6.92 Å². The van der Waals surface area contributed by atoms with Crippen LogP contribution in [0.5, 0.6) is 0 Å². The summed E-state index contributed by atoms with van der Waals surface area (Å²) in [6.07, 6.45) is 0. The molecule has 7 heteroatoms. The van der Waals surface area contributed by atoms with E-state index >= 15 is 0 Å². The van der Waals surface area contributed by atoms with Crippen LogP contribution in [0.4, 0.5) is 4.39 Å². The van der Waals surface area contributed by atoms with Crippen LogP contribution in [0.25, 0.3) is 0 Å². The highest BCUT2D eigenvalue weighted by Crippen LogP contribution is 2.15. The van der Waals surface area contributed by atoms with E-state index in [4.69, 9.17) is 16.3 Å². The molecule has 0 saturated heterocycles. The zero-order valence-electron chi connectivity index (χ0n) is 10.5. The van der Waals surface area contributed by atoms with Crippen molar-refractivity contribution in [1.29, 1.82) is 0 Å². The molecule has 102 valence electrons. The summed E-state index contributed by atoms with van der Waals surface area (Å²) in [6, 6.07) is -0.534. The van der Waals surface area contributed by atoms with Crippen LogP contribution in [0.15, 0.2) is 9.59 Å². The predicted octanol–water partition coefficient (Wildman–Crippen LogP) is 1.56. The molecule has 0 aliphatic heterocycles. The summed E-state index contributed by atoms with van der Waals surface area (Å²) in [5.74, 6) is -1.21. The zero-order chi connectivity index (χ0) is 13.9. The molecule has 5 nitrogen and oxygen atoms in total. The molecule has 0 radical (unpaired) electrons. The largest absolute Gasteiger partial charge is 0.380 e. The minimum atomic E-state index is -1.15. The molecule has 0 aliphatic carbocycles. The molecule has 1 atom stereocenters. The molecule has 1 aromatic rings. The summed E-state index contributed by atoms with van der Waals surface area (Å²) < 4.78 is 19.5. The molecule has 0 spiro atoms. The lowest BCUT2D eigenvalue weighted by Gasteiger charge is -2.22. The number of hydrogen-bond donors (Lipinski definition) is 1. The van der Waals surface area contributed by atoms with Gasteiger partial charge in [0.1, 0.15) is 0 Å². The second-order valence-corrected chi connectivity index (χ2v) is 4.58. The highest BCUT2D eigenvalue weighted by atomic mass is 35.5. The van der Waals surface area contributed by atoms with Gasteiger partial charge in [0, 0.05) is 6.61 Å². The lowest BCUT2D eigenvalue weighted by Crippen LogP contribution is -2.43. The average Bonchev–Trinajstić information content (AvgIpc) is 2.30. The Hall–Kier alpha value is -1.14. The van der Waals surface area contributed by atoms with Gasteiger partial charge in [-0.2, -0.15) is 4.39 Å². The van der Waals surface area contributed by atoms with E-state index in [2.05, 4.69) is 4.98 Å². The molecular formula is C11H16ClFN2O3. The fourth-order valence-electron chi connectivity index (χ4n) is 1.61. The second kappa shape index (κ2) is 6.15. The van der Waals surface area contributed by atoms with Crippen LogP contribution in [-0.4, -0.2) is 22.8 Å². The smallest absolute Gasteiger partial charge is 0.329 e. The van der Waals surface area contributed by atoms with Crippen molar-refractivity contribution in [1.82, 2.24) is 9.55 Å². The fourth-order valence-corrected chi connectivity index (χ4v) is 1.77. The number of halogens is 2. The standard InChI is InChI=1S/C11H16ClFN2O3/c1-4-18-5-7(6(2)3)15-10(16)8(13)9(12)14-11(15)17/h6-7H,4-5H2,1-3H3,(H,14,17). The number of aromatic amines is 1. The van der Waals surface area contributed by atoms with E-state index in [0.717, 1.165) is 4.57 Å². The number of nitrogens with zero attached hydrogens (tertiary/aromatic N) is 1. The van der Waals surface area contributed by atoms with Crippen LogP contribution in [-0.2, 0) is 4.74 Å². The summed E-state index contributed by atoms with van der Waals surface area (Å²) in [5, 5.41) is -0.569. The Morgan fingerprint density at radius 2 is 2.06 bits per heavy atom. The first-order chi connectivity index (χ1) is 8.40. The van der Waals surface area contributed by atoms with Crippen molar-refractivity contribution < 1.29 is 9.13 Å². The van der Waals surface area contributed by atoms with Gasteiger partial charge in [0.15, 0.2) is 5.15 Å². The van der Waals surface area contributed by atoms with Crippen LogP contribution < -0.4 is 11.2 Å². The quantitative estimate of drug-likeness (QED) is 0.832. The first-order valence-electron chi connectivity index (χ1n) is 5.67. The normalized spacial score (nSPS) is 13.0. The van der Waals surface area contributed by atoms with Gasteiger partial charge < -0.3 is 4.74 Å². The monoisotopic (exact) mass is 278 g/mol. The van der Waals surface area contributed by atoms with Crippen LogP contribution in [0.3, 0.4) is 0 Å².